The van der Waals surface area contributed by atoms with Gasteiger partial charge in [0.2, 0.25) is 0 Å². The van der Waals surface area contributed by atoms with E-state index < -0.39 is 17.6 Å². The first-order chi connectivity index (χ1) is 11.3. The number of anilines is 1. The number of nitrogens with zero attached hydrogens (tertiary/aromatic N) is 3. The van der Waals surface area contributed by atoms with Crippen molar-refractivity contribution < 1.29 is 18.0 Å². The molecule has 0 saturated heterocycles. The third-order valence-corrected chi connectivity index (χ3v) is 3.55. The molecular formula is C15H14F3N5O. The molecule has 0 atom stereocenters. The molecule has 0 saturated carbocycles. The van der Waals surface area contributed by atoms with Gasteiger partial charge >= 0.3 is 6.18 Å². The molecular weight excluding hydrogens is 323 g/mol. The number of fused-ring (bicyclic) bond motifs is 1. The van der Waals surface area contributed by atoms with E-state index in [1.54, 1.807) is 10.8 Å². The van der Waals surface area contributed by atoms with Crippen LogP contribution >= 0.6 is 0 Å². The van der Waals surface area contributed by atoms with Gasteiger partial charge in [-0.25, -0.2) is 4.98 Å². The highest BCUT2D eigenvalue weighted by molar-refractivity contribution is 6.04. The molecule has 0 aliphatic carbocycles. The van der Waals surface area contributed by atoms with Crippen molar-refractivity contribution in [2.45, 2.75) is 26.1 Å². The Bertz CT molecular complexity index is 894. The summed E-state index contributed by atoms with van der Waals surface area (Å²) < 4.78 is 41.2. The minimum absolute atomic E-state index is 0.0168. The van der Waals surface area contributed by atoms with Crippen LogP contribution in [0.2, 0.25) is 0 Å². The van der Waals surface area contributed by atoms with E-state index in [2.05, 4.69) is 20.5 Å². The van der Waals surface area contributed by atoms with Crippen LogP contribution in [0.25, 0.3) is 10.9 Å². The smallest absolute Gasteiger partial charge is 0.334 e. The molecule has 3 rings (SSSR count). The zero-order valence-electron chi connectivity index (χ0n) is 12.8. The molecule has 1 aromatic carbocycles. The molecule has 24 heavy (non-hydrogen) atoms. The molecule has 3 aromatic rings. The molecule has 2 heterocycles. The fourth-order valence-corrected chi connectivity index (χ4v) is 2.29. The summed E-state index contributed by atoms with van der Waals surface area (Å²) in [6.07, 6.45) is -0.408. The van der Waals surface area contributed by atoms with Crippen molar-refractivity contribution >= 4 is 22.5 Å². The number of imidazole rings is 1. The third kappa shape index (κ3) is 2.97. The molecule has 2 aromatic heterocycles. The standard InChI is InChI=1S/C15H14F3N5O/c1-8(2)23-6-13(19-7-23)14(24)21-9-3-11(15(16,17)18)10-5-20-22-12(10)4-9/h3-8H,1-2H3,(H,20,22)(H,21,24). The molecule has 0 fully saturated rings. The Morgan fingerprint density at radius 3 is 2.71 bits per heavy atom. The Labute approximate surface area is 134 Å². The average Bonchev–Trinajstić information content (AvgIpc) is 3.14. The fourth-order valence-electron chi connectivity index (χ4n) is 2.29. The van der Waals surface area contributed by atoms with Gasteiger partial charge in [0, 0.05) is 23.3 Å². The van der Waals surface area contributed by atoms with E-state index in [4.69, 9.17) is 0 Å². The summed E-state index contributed by atoms with van der Waals surface area (Å²) >= 11 is 0. The molecule has 9 heteroatoms. The lowest BCUT2D eigenvalue weighted by atomic mass is 10.1. The number of hydrogen-bond acceptors (Lipinski definition) is 3. The average molecular weight is 337 g/mol. The summed E-state index contributed by atoms with van der Waals surface area (Å²) in [4.78, 5) is 16.2. The van der Waals surface area contributed by atoms with Crippen molar-refractivity contribution in [1.29, 1.82) is 0 Å². The highest BCUT2D eigenvalue weighted by Crippen LogP contribution is 2.36. The van der Waals surface area contributed by atoms with Gasteiger partial charge in [0.15, 0.2) is 0 Å². The van der Waals surface area contributed by atoms with Gasteiger partial charge in [-0.3, -0.25) is 9.89 Å². The number of carbonyl (C=O) groups excluding carboxylic acids is 1. The van der Waals surface area contributed by atoms with Gasteiger partial charge in [0.1, 0.15) is 5.69 Å². The van der Waals surface area contributed by atoms with Crippen molar-refractivity contribution in [3.8, 4) is 0 Å². The van der Waals surface area contributed by atoms with Crippen LogP contribution in [0.3, 0.4) is 0 Å². The molecule has 126 valence electrons. The number of benzene rings is 1. The highest BCUT2D eigenvalue weighted by atomic mass is 19.4. The molecule has 0 unspecified atom stereocenters. The van der Waals surface area contributed by atoms with Crippen molar-refractivity contribution in [2.75, 3.05) is 5.32 Å². The minimum atomic E-state index is -4.55. The van der Waals surface area contributed by atoms with Gasteiger partial charge in [-0.2, -0.15) is 18.3 Å². The zero-order chi connectivity index (χ0) is 17.5. The Hall–Kier alpha value is -2.84. The van der Waals surface area contributed by atoms with Crippen LogP contribution in [0.1, 0.15) is 35.9 Å². The van der Waals surface area contributed by atoms with E-state index >= 15 is 0 Å². The Morgan fingerprint density at radius 1 is 1.33 bits per heavy atom. The van der Waals surface area contributed by atoms with E-state index in [0.717, 1.165) is 12.3 Å². The first kappa shape index (κ1) is 16.0. The first-order valence-corrected chi connectivity index (χ1v) is 7.15. The van der Waals surface area contributed by atoms with Gasteiger partial charge in [0.25, 0.3) is 5.91 Å². The third-order valence-electron chi connectivity index (χ3n) is 3.55. The van der Waals surface area contributed by atoms with Crippen molar-refractivity contribution in [3.05, 3.63) is 42.1 Å². The molecule has 2 N–H and O–H groups in total. The molecule has 0 bridgehead atoms. The maximum Gasteiger partial charge on any atom is 0.417 e. The quantitative estimate of drug-likeness (QED) is 0.766. The van der Waals surface area contributed by atoms with E-state index in [9.17, 15) is 18.0 Å². The maximum absolute atomic E-state index is 13.2. The minimum Gasteiger partial charge on any atom is -0.334 e. The summed E-state index contributed by atoms with van der Waals surface area (Å²) in [5.41, 5.74) is -0.533. The van der Waals surface area contributed by atoms with Gasteiger partial charge in [-0.05, 0) is 26.0 Å². The summed E-state index contributed by atoms with van der Waals surface area (Å²) in [5, 5.41) is 8.50. The molecule has 0 aliphatic heterocycles. The molecule has 0 radical (unpaired) electrons. The number of alkyl halides is 3. The lowest BCUT2D eigenvalue weighted by molar-refractivity contribution is -0.136. The monoisotopic (exact) mass is 337 g/mol. The van der Waals surface area contributed by atoms with E-state index in [-0.39, 0.29) is 28.3 Å². The predicted octanol–water partition coefficient (Wildman–Crippen LogP) is 3.61. The van der Waals surface area contributed by atoms with Crippen molar-refractivity contribution in [3.63, 3.8) is 0 Å². The van der Waals surface area contributed by atoms with E-state index in [0.29, 0.717) is 0 Å². The summed E-state index contributed by atoms with van der Waals surface area (Å²) in [6.45, 7) is 3.84. The second kappa shape index (κ2) is 5.66. The van der Waals surface area contributed by atoms with Crippen molar-refractivity contribution in [1.82, 2.24) is 19.7 Å². The van der Waals surface area contributed by atoms with Gasteiger partial charge in [-0.1, -0.05) is 0 Å². The highest BCUT2D eigenvalue weighted by Gasteiger charge is 2.33. The maximum atomic E-state index is 13.2. The molecule has 0 spiro atoms. The van der Waals surface area contributed by atoms with E-state index in [1.165, 1.54) is 12.4 Å². The number of carbonyl (C=O) groups is 1. The van der Waals surface area contributed by atoms with Crippen LogP contribution in [0.15, 0.2) is 30.9 Å². The summed E-state index contributed by atoms with van der Waals surface area (Å²) in [6, 6.07) is 2.40. The number of hydrogen-bond donors (Lipinski definition) is 2. The second-order valence-electron chi connectivity index (χ2n) is 5.61. The number of rotatable bonds is 3. The van der Waals surface area contributed by atoms with Crippen LogP contribution in [-0.2, 0) is 6.18 Å². The zero-order valence-corrected chi connectivity index (χ0v) is 12.8. The van der Waals surface area contributed by atoms with Crippen LogP contribution in [-0.4, -0.2) is 25.7 Å². The normalized spacial score (nSPS) is 12.1. The second-order valence-corrected chi connectivity index (χ2v) is 5.61. The lowest BCUT2D eigenvalue weighted by Crippen LogP contribution is -2.14. The number of aromatic nitrogens is 4. The topological polar surface area (TPSA) is 75.6 Å². The van der Waals surface area contributed by atoms with E-state index in [1.807, 2.05) is 13.8 Å². The Balaban J connectivity index is 1.93. The molecule has 0 aliphatic rings. The van der Waals surface area contributed by atoms with Crippen LogP contribution < -0.4 is 5.32 Å². The fraction of sp³-hybridized carbons (Fsp3) is 0.267. The SMILES string of the molecule is CC(C)n1cnc(C(=O)Nc2cc(C(F)(F)F)c3cn[nH]c3c2)c1. The summed E-state index contributed by atoms with van der Waals surface area (Å²) in [5.74, 6) is -0.582. The number of aromatic amines is 1. The number of H-pyrrole nitrogens is 1. The Morgan fingerprint density at radius 2 is 2.08 bits per heavy atom. The number of nitrogens with one attached hydrogen (secondary N) is 2. The Kier molecular flexibility index (Phi) is 3.78. The summed E-state index contributed by atoms with van der Waals surface area (Å²) in [7, 11) is 0. The number of halogens is 3. The van der Waals surface area contributed by atoms with Crippen LogP contribution in [0, 0.1) is 0 Å². The predicted molar refractivity (Wildman–Crippen MR) is 81.7 cm³/mol. The lowest BCUT2D eigenvalue weighted by Gasteiger charge is -2.11. The van der Waals surface area contributed by atoms with Crippen LogP contribution in [0.4, 0.5) is 18.9 Å². The molecule has 1 amide bonds. The van der Waals surface area contributed by atoms with Gasteiger partial charge in [-0.15, -0.1) is 0 Å². The van der Waals surface area contributed by atoms with Crippen LogP contribution in [0.5, 0.6) is 0 Å². The first-order valence-electron chi connectivity index (χ1n) is 7.15. The van der Waals surface area contributed by atoms with Gasteiger partial charge in [0.05, 0.1) is 23.6 Å². The largest absolute Gasteiger partial charge is 0.417 e. The van der Waals surface area contributed by atoms with Crippen molar-refractivity contribution in [2.24, 2.45) is 0 Å². The van der Waals surface area contributed by atoms with Gasteiger partial charge < -0.3 is 9.88 Å². The molecule has 6 nitrogen and oxygen atoms in total. The number of amides is 1.